The molecule has 2 heterocycles. The number of aromatic nitrogens is 1. The molecule has 1 fully saturated rings. The van der Waals surface area contributed by atoms with E-state index >= 15 is 0 Å². The lowest BCUT2D eigenvalue weighted by molar-refractivity contribution is -0.146. The van der Waals surface area contributed by atoms with Gasteiger partial charge in [-0.05, 0) is 48.4 Å². The number of hydrogen-bond acceptors (Lipinski definition) is 8. The monoisotopic (exact) mass is 474 g/mol. The molecule has 0 bridgehead atoms. The number of carbonyl (C=O) groups excluding carboxylic acids is 3. The van der Waals surface area contributed by atoms with E-state index in [1.54, 1.807) is 6.26 Å². The molecule has 0 spiro atoms. The lowest BCUT2D eigenvalue weighted by atomic mass is 10.1. The molecule has 2 amide bonds. The Labute approximate surface area is 196 Å². The smallest absolute Gasteiger partial charge is 0.317 e. The van der Waals surface area contributed by atoms with Crippen molar-refractivity contribution in [1.82, 2.24) is 9.88 Å². The van der Waals surface area contributed by atoms with Gasteiger partial charge in [0.2, 0.25) is 5.91 Å². The van der Waals surface area contributed by atoms with Crippen molar-refractivity contribution in [3.63, 3.8) is 0 Å². The third-order valence-electron chi connectivity index (χ3n) is 4.89. The van der Waals surface area contributed by atoms with Crippen molar-refractivity contribution < 1.29 is 23.9 Å². The highest BCUT2D eigenvalue weighted by molar-refractivity contribution is 8.15. The summed E-state index contributed by atoms with van der Waals surface area (Å²) >= 11 is 2.28. The Kier molecular flexibility index (Phi) is 8.99. The van der Waals surface area contributed by atoms with Gasteiger partial charge in [0, 0.05) is 18.3 Å². The molecular formula is C23H26N2O5S2. The van der Waals surface area contributed by atoms with Crippen molar-refractivity contribution >= 4 is 40.6 Å². The van der Waals surface area contributed by atoms with E-state index < -0.39 is 16.5 Å². The lowest BCUT2D eigenvalue weighted by Crippen LogP contribution is -2.35. The molecule has 1 aromatic heterocycles. The highest BCUT2D eigenvalue weighted by atomic mass is 32.2. The van der Waals surface area contributed by atoms with E-state index in [2.05, 4.69) is 18.0 Å². The van der Waals surface area contributed by atoms with Gasteiger partial charge in [0.1, 0.15) is 5.75 Å². The molecule has 1 unspecified atom stereocenters. The third kappa shape index (κ3) is 6.74. The topological polar surface area (TPSA) is 85.8 Å². The predicted molar refractivity (Wildman–Crippen MR) is 126 cm³/mol. The summed E-state index contributed by atoms with van der Waals surface area (Å²) in [4.78, 5) is 41.6. The average Bonchev–Trinajstić information content (AvgIpc) is 3.06. The Bertz CT molecular complexity index is 934. The van der Waals surface area contributed by atoms with Gasteiger partial charge >= 0.3 is 5.97 Å². The predicted octanol–water partition coefficient (Wildman–Crippen LogP) is 3.74. The fourth-order valence-electron chi connectivity index (χ4n) is 3.06. The van der Waals surface area contributed by atoms with E-state index in [9.17, 15) is 14.4 Å². The Morgan fingerprint density at radius 1 is 1.16 bits per heavy atom. The number of pyridine rings is 1. The number of hydrogen-bond donors (Lipinski definition) is 0. The zero-order valence-electron chi connectivity index (χ0n) is 18.1. The normalized spacial score (nSPS) is 15.8. The average molecular weight is 475 g/mol. The number of rotatable bonds is 11. The molecule has 1 aromatic carbocycles. The molecular weight excluding hydrogens is 448 g/mol. The van der Waals surface area contributed by atoms with Gasteiger partial charge in [0.15, 0.2) is 6.73 Å². The summed E-state index contributed by atoms with van der Waals surface area (Å²) in [6.07, 6.45) is 5.78. The summed E-state index contributed by atoms with van der Waals surface area (Å²) in [7, 11) is 0. The highest BCUT2D eigenvalue weighted by Crippen LogP contribution is 2.30. The second-order valence-electron chi connectivity index (χ2n) is 7.18. The maximum absolute atomic E-state index is 12.5. The molecule has 1 aliphatic rings. The first kappa shape index (κ1) is 24.1. The largest absolute Gasteiger partial charge is 0.493 e. The molecule has 0 N–H and O–H groups in total. The van der Waals surface area contributed by atoms with Gasteiger partial charge in [0.25, 0.3) is 5.24 Å². The number of benzene rings is 1. The van der Waals surface area contributed by atoms with Crippen LogP contribution < -0.4 is 4.74 Å². The maximum Gasteiger partial charge on any atom is 0.317 e. The summed E-state index contributed by atoms with van der Waals surface area (Å²) in [5, 5.41) is -0.914. The van der Waals surface area contributed by atoms with E-state index in [-0.39, 0.29) is 18.4 Å². The van der Waals surface area contributed by atoms with Crippen LogP contribution in [-0.4, -0.2) is 57.6 Å². The van der Waals surface area contributed by atoms with Crippen LogP contribution in [0.3, 0.4) is 0 Å². The van der Waals surface area contributed by atoms with Crippen molar-refractivity contribution in [2.24, 2.45) is 0 Å². The minimum Gasteiger partial charge on any atom is -0.493 e. The first-order chi connectivity index (χ1) is 15.5. The number of thioether (sulfide) groups is 2. The molecule has 3 rings (SSSR count). The molecule has 9 heteroatoms. The fourth-order valence-corrected chi connectivity index (χ4v) is 4.40. The van der Waals surface area contributed by atoms with Crippen LogP contribution in [0.5, 0.6) is 5.75 Å². The number of esters is 1. The molecule has 1 atom stereocenters. The highest BCUT2D eigenvalue weighted by Gasteiger charge is 2.40. The van der Waals surface area contributed by atoms with Crippen molar-refractivity contribution in [2.75, 3.05) is 25.3 Å². The lowest BCUT2D eigenvalue weighted by Gasteiger charge is -2.14. The van der Waals surface area contributed by atoms with Gasteiger partial charge in [-0.25, -0.2) is 4.90 Å². The van der Waals surface area contributed by atoms with E-state index in [0.717, 1.165) is 46.5 Å². The Hall–Kier alpha value is -2.52. The van der Waals surface area contributed by atoms with Crippen molar-refractivity contribution in [3.05, 3.63) is 59.4 Å². The minimum absolute atomic E-state index is 0.183. The molecule has 170 valence electrons. The number of amides is 2. The summed E-state index contributed by atoms with van der Waals surface area (Å²) in [5.74, 6) is 0.139. The molecule has 2 aromatic rings. The zero-order valence-corrected chi connectivity index (χ0v) is 19.7. The molecule has 7 nitrogen and oxygen atoms in total. The zero-order chi connectivity index (χ0) is 22.9. The van der Waals surface area contributed by atoms with Crippen LogP contribution in [0.25, 0.3) is 0 Å². The summed E-state index contributed by atoms with van der Waals surface area (Å²) < 4.78 is 10.8. The van der Waals surface area contributed by atoms with E-state index in [1.807, 2.05) is 36.5 Å². The van der Waals surface area contributed by atoms with Crippen molar-refractivity contribution in [1.29, 1.82) is 0 Å². The Morgan fingerprint density at radius 3 is 2.56 bits per heavy atom. The number of imide groups is 1. The first-order valence-corrected chi connectivity index (χ1v) is 12.6. The van der Waals surface area contributed by atoms with Crippen LogP contribution in [0.4, 0.5) is 4.79 Å². The van der Waals surface area contributed by atoms with Gasteiger partial charge in [-0.1, -0.05) is 36.9 Å². The summed E-state index contributed by atoms with van der Waals surface area (Å²) in [6.45, 7) is 2.29. The summed E-state index contributed by atoms with van der Waals surface area (Å²) in [6, 6.07) is 11.6. The van der Waals surface area contributed by atoms with Crippen LogP contribution in [0, 0.1) is 0 Å². The van der Waals surface area contributed by atoms with E-state index in [4.69, 9.17) is 9.47 Å². The second kappa shape index (κ2) is 11.9. The van der Waals surface area contributed by atoms with Gasteiger partial charge in [-0.3, -0.25) is 19.4 Å². The second-order valence-corrected chi connectivity index (χ2v) is 9.20. The standard InChI is InChI=1S/C23H26N2O5S2/c1-3-16-4-7-18(24-13-16)10-11-29-19-8-5-17(6-9-19)12-20-22(27)25(23(28)32-20)15-30-21(26)14-31-2/h4-9,13,20H,3,10-12,14-15H2,1-2H3. The summed E-state index contributed by atoms with van der Waals surface area (Å²) in [5.41, 5.74) is 3.13. The Balaban J connectivity index is 1.46. The van der Waals surface area contributed by atoms with Crippen LogP contribution in [0.1, 0.15) is 23.7 Å². The number of aryl methyl sites for hydroxylation is 1. The fraction of sp³-hybridized carbons (Fsp3) is 0.391. The number of carbonyl (C=O) groups is 3. The molecule has 0 saturated carbocycles. The van der Waals surface area contributed by atoms with E-state index in [0.29, 0.717) is 13.0 Å². The van der Waals surface area contributed by atoms with Gasteiger partial charge in [-0.15, -0.1) is 0 Å². The molecule has 0 aliphatic carbocycles. The SMILES string of the molecule is CCc1ccc(CCOc2ccc(CC3SC(=O)N(COC(=O)CSC)C3=O)cc2)nc1. The minimum atomic E-state index is -0.523. The molecule has 1 aliphatic heterocycles. The van der Waals surface area contributed by atoms with Crippen molar-refractivity contribution in [2.45, 2.75) is 31.4 Å². The first-order valence-electron chi connectivity index (χ1n) is 10.3. The van der Waals surface area contributed by atoms with Crippen LogP contribution in [0.2, 0.25) is 0 Å². The maximum atomic E-state index is 12.5. The Morgan fingerprint density at radius 2 is 1.91 bits per heavy atom. The number of ether oxygens (including phenoxy) is 2. The van der Waals surface area contributed by atoms with Gasteiger partial charge in [-0.2, -0.15) is 11.8 Å². The van der Waals surface area contributed by atoms with Crippen LogP contribution in [-0.2, 0) is 33.6 Å². The molecule has 1 saturated heterocycles. The van der Waals surface area contributed by atoms with Crippen LogP contribution in [0.15, 0.2) is 42.6 Å². The van der Waals surface area contributed by atoms with Gasteiger partial charge < -0.3 is 9.47 Å². The van der Waals surface area contributed by atoms with E-state index in [1.165, 1.54) is 17.3 Å². The quantitative estimate of drug-likeness (QED) is 0.456. The van der Waals surface area contributed by atoms with Crippen LogP contribution >= 0.6 is 23.5 Å². The van der Waals surface area contributed by atoms with Crippen molar-refractivity contribution in [3.8, 4) is 5.75 Å². The number of nitrogens with zero attached hydrogens (tertiary/aromatic N) is 2. The van der Waals surface area contributed by atoms with Gasteiger partial charge in [0.05, 0.1) is 17.6 Å². The molecule has 32 heavy (non-hydrogen) atoms. The molecule has 0 radical (unpaired) electrons. The third-order valence-corrected chi connectivity index (χ3v) is 6.49.